The maximum absolute atomic E-state index is 13.1. The van der Waals surface area contributed by atoms with Gasteiger partial charge in [0, 0.05) is 12.5 Å². The van der Waals surface area contributed by atoms with Gasteiger partial charge in [0.2, 0.25) is 10.0 Å². The maximum Gasteiger partial charge on any atom is 0.387 e. The standard InChI is InChI=1S/C24H27F2N3O4S/c1-17(30)9-4-2-7-14-21(23-27-16-22(28-23)18-10-5-3-6-11-18)29-34(31,32)20-13-8-12-19(15-20)33-24(25)26/h3,5-6,8,10-13,15-16,21,24,29H,2,4,7,9,14H2,1H3,(H,27,28)/t21-/m0/s1. The first-order valence-corrected chi connectivity index (χ1v) is 12.4. The summed E-state index contributed by atoms with van der Waals surface area (Å²) in [6.45, 7) is -1.52. The number of hydrogen-bond acceptors (Lipinski definition) is 5. The molecular formula is C24H27F2N3O4S. The highest BCUT2D eigenvalue weighted by Gasteiger charge is 2.24. The molecule has 0 saturated heterocycles. The number of aromatic nitrogens is 2. The molecule has 1 atom stereocenters. The summed E-state index contributed by atoms with van der Waals surface area (Å²) in [5, 5.41) is 0. The van der Waals surface area contributed by atoms with Gasteiger partial charge in [-0.1, -0.05) is 49.2 Å². The van der Waals surface area contributed by atoms with Gasteiger partial charge in [-0.2, -0.15) is 8.78 Å². The molecule has 0 fully saturated rings. The Labute approximate surface area is 197 Å². The third-order valence-electron chi connectivity index (χ3n) is 5.17. The van der Waals surface area contributed by atoms with Crippen LogP contribution in [0.5, 0.6) is 5.75 Å². The number of imidazole rings is 1. The van der Waals surface area contributed by atoms with E-state index < -0.39 is 22.7 Å². The SMILES string of the molecule is CC(=O)CCCCC[C@H](NS(=O)(=O)c1cccc(OC(F)F)c1)c1ncc(-c2ccccc2)[nH]1. The molecule has 1 aromatic heterocycles. The van der Waals surface area contributed by atoms with Crippen molar-refractivity contribution in [2.24, 2.45) is 0 Å². The molecule has 0 spiro atoms. The second-order valence-electron chi connectivity index (χ2n) is 7.88. The van der Waals surface area contributed by atoms with Crippen LogP contribution in [-0.2, 0) is 14.8 Å². The molecular weight excluding hydrogens is 464 g/mol. The van der Waals surface area contributed by atoms with Gasteiger partial charge in [-0.25, -0.2) is 18.1 Å². The van der Waals surface area contributed by atoms with Crippen LogP contribution in [0.3, 0.4) is 0 Å². The molecule has 0 aliphatic heterocycles. The number of carbonyl (C=O) groups excluding carboxylic acids is 1. The molecule has 0 aliphatic carbocycles. The largest absolute Gasteiger partial charge is 0.435 e. The van der Waals surface area contributed by atoms with Crippen LogP contribution in [0.4, 0.5) is 8.78 Å². The number of H-pyrrole nitrogens is 1. The number of nitrogens with one attached hydrogen (secondary N) is 2. The summed E-state index contributed by atoms with van der Waals surface area (Å²) in [4.78, 5) is 18.6. The van der Waals surface area contributed by atoms with E-state index in [0.29, 0.717) is 25.1 Å². The van der Waals surface area contributed by atoms with Crippen LogP contribution in [0.2, 0.25) is 0 Å². The number of aromatic amines is 1. The normalized spacial score (nSPS) is 12.6. The zero-order chi connectivity index (χ0) is 24.6. The predicted octanol–water partition coefficient (Wildman–Crippen LogP) is 5.24. The summed E-state index contributed by atoms with van der Waals surface area (Å²) in [7, 11) is -4.07. The number of ketones is 1. The van der Waals surface area contributed by atoms with Crippen LogP contribution >= 0.6 is 0 Å². The molecule has 34 heavy (non-hydrogen) atoms. The average molecular weight is 492 g/mol. The molecule has 0 bridgehead atoms. The zero-order valence-corrected chi connectivity index (χ0v) is 19.5. The van der Waals surface area contributed by atoms with Gasteiger partial charge in [0.1, 0.15) is 17.4 Å². The summed E-state index contributed by atoms with van der Waals surface area (Å²) >= 11 is 0. The second-order valence-corrected chi connectivity index (χ2v) is 9.59. The Bertz CT molecular complexity index is 1180. The lowest BCUT2D eigenvalue weighted by Gasteiger charge is -2.17. The summed E-state index contributed by atoms with van der Waals surface area (Å²) in [5.41, 5.74) is 1.64. The molecule has 182 valence electrons. The van der Waals surface area contributed by atoms with Crippen molar-refractivity contribution in [1.29, 1.82) is 0 Å². The molecule has 0 saturated carbocycles. The lowest BCUT2D eigenvalue weighted by molar-refractivity contribution is -0.117. The Hall–Kier alpha value is -3.11. The molecule has 3 aromatic rings. The monoisotopic (exact) mass is 491 g/mol. The number of alkyl halides is 2. The summed E-state index contributed by atoms with van der Waals surface area (Å²) < 4.78 is 58.2. The first-order valence-electron chi connectivity index (χ1n) is 10.9. The van der Waals surface area contributed by atoms with E-state index in [0.717, 1.165) is 30.2 Å². The molecule has 0 radical (unpaired) electrons. The zero-order valence-electron chi connectivity index (χ0n) is 18.7. The van der Waals surface area contributed by atoms with Crippen LogP contribution in [0.1, 0.15) is 50.9 Å². The number of halogens is 2. The van der Waals surface area contributed by atoms with Crippen molar-refractivity contribution >= 4 is 15.8 Å². The van der Waals surface area contributed by atoms with Crippen LogP contribution < -0.4 is 9.46 Å². The summed E-state index contributed by atoms with van der Waals surface area (Å²) in [6, 6.07) is 13.8. The van der Waals surface area contributed by atoms with Crippen LogP contribution in [0, 0.1) is 0 Å². The highest BCUT2D eigenvalue weighted by Crippen LogP contribution is 2.26. The van der Waals surface area contributed by atoms with Crippen LogP contribution in [0.25, 0.3) is 11.3 Å². The summed E-state index contributed by atoms with van der Waals surface area (Å²) in [6.07, 6.45) is 4.69. The van der Waals surface area contributed by atoms with Gasteiger partial charge in [-0.15, -0.1) is 0 Å². The van der Waals surface area contributed by atoms with E-state index in [1.807, 2.05) is 30.3 Å². The Kier molecular flexibility index (Phi) is 8.89. The smallest absolute Gasteiger partial charge is 0.387 e. The van der Waals surface area contributed by atoms with E-state index in [9.17, 15) is 22.0 Å². The number of rotatable bonds is 13. The number of carbonyl (C=O) groups is 1. The van der Waals surface area contributed by atoms with Crippen molar-refractivity contribution < 1.29 is 26.7 Å². The molecule has 0 unspecified atom stereocenters. The topological polar surface area (TPSA) is 101 Å². The van der Waals surface area contributed by atoms with Gasteiger partial charge < -0.3 is 14.5 Å². The molecule has 0 amide bonds. The molecule has 0 aliphatic rings. The number of nitrogens with zero attached hydrogens (tertiary/aromatic N) is 1. The van der Waals surface area contributed by atoms with Gasteiger partial charge in [-0.3, -0.25) is 0 Å². The highest BCUT2D eigenvalue weighted by atomic mass is 32.2. The van der Waals surface area contributed by atoms with Crippen molar-refractivity contribution in [1.82, 2.24) is 14.7 Å². The molecule has 2 aromatic carbocycles. The minimum absolute atomic E-state index is 0.113. The van der Waals surface area contributed by atoms with E-state index in [4.69, 9.17) is 0 Å². The molecule has 10 heteroatoms. The number of unbranched alkanes of at least 4 members (excludes halogenated alkanes) is 2. The van der Waals surface area contributed by atoms with E-state index >= 15 is 0 Å². The van der Waals surface area contributed by atoms with Crippen molar-refractivity contribution in [3.8, 4) is 17.0 Å². The summed E-state index contributed by atoms with van der Waals surface area (Å²) in [5.74, 6) is 0.304. The van der Waals surface area contributed by atoms with Gasteiger partial charge >= 0.3 is 6.61 Å². The highest BCUT2D eigenvalue weighted by molar-refractivity contribution is 7.89. The Morgan fingerprint density at radius 3 is 2.56 bits per heavy atom. The van der Waals surface area contributed by atoms with Gasteiger partial charge in [0.25, 0.3) is 0 Å². The van der Waals surface area contributed by atoms with Gasteiger partial charge in [-0.05, 0) is 37.5 Å². The molecule has 3 rings (SSSR count). The average Bonchev–Trinajstić information content (AvgIpc) is 3.28. The second kappa shape index (κ2) is 11.8. The van der Waals surface area contributed by atoms with Gasteiger partial charge in [0.15, 0.2) is 0 Å². The lowest BCUT2D eigenvalue weighted by Crippen LogP contribution is -2.29. The first kappa shape index (κ1) is 25.5. The maximum atomic E-state index is 13.1. The Balaban J connectivity index is 1.80. The fourth-order valence-electron chi connectivity index (χ4n) is 3.50. The van der Waals surface area contributed by atoms with Crippen molar-refractivity contribution in [2.45, 2.75) is 56.6 Å². The fourth-order valence-corrected chi connectivity index (χ4v) is 4.77. The van der Waals surface area contributed by atoms with E-state index in [-0.39, 0.29) is 16.4 Å². The fraction of sp³-hybridized carbons (Fsp3) is 0.333. The van der Waals surface area contributed by atoms with Crippen molar-refractivity contribution in [3.63, 3.8) is 0 Å². The van der Waals surface area contributed by atoms with Gasteiger partial charge in [0.05, 0.1) is 22.8 Å². The first-order chi connectivity index (χ1) is 16.2. The minimum Gasteiger partial charge on any atom is -0.435 e. The van der Waals surface area contributed by atoms with Crippen LogP contribution in [-0.4, -0.2) is 30.8 Å². The number of sulfonamides is 1. The van der Waals surface area contributed by atoms with Crippen molar-refractivity contribution in [2.75, 3.05) is 0 Å². The van der Waals surface area contributed by atoms with E-state index in [1.165, 1.54) is 25.1 Å². The third kappa shape index (κ3) is 7.46. The number of ether oxygens (including phenoxy) is 1. The minimum atomic E-state index is -4.07. The quantitative estimate of drug-likeness (QED) is 0.319. The lowest BCUT2D eigenvalue weighted by atomic mass is 10.1. The number of benzene rings is 2. The Morgan fingerprint density at radius 2 is 1.85 bits per heavy atom. The number of hydrogen-bond donors (Lipinski definition) is 2. The number of Topliss-reactive ketones (excluding diaryl/α,β-unsaturated/α-hetero) is 1. The van der Waals surface area contributed by atoms with Crippen LogP contribution in [0.15, 0.2) is 65.7 Å². The van der Waals surface area contributed by atoms with Crippen molar-refractivity contribution in [3.05, 3.63) is 66.6 Å². The Morgan fingerprint density at radius 1 is 1.09 bits per heavy atom. The molecule has 2 N–H and O–H groups in total. The third-order valence-corrected chi connectivity index (χ3v) is 6.64. The van der Waals surface area contributed by atoms with E-state index in [2.05, 4.69) is 19.4 Å². The molecule has 1 heterocycles. The van der Waals surface area contributed by atoms with E-state index in [1.54, 1.807) is 6.20 Å². The predicted molar refractivity (Wildman–Crippen MR) is 124 cm³/mol. The molecule has 7 nitrogen and oxygen atoms in total.